The Kier molecular flexibility index (Phi) is 14.7. The SMILES string of the molecule is CC(C)(C)c1ccnc(-c2[c-]ccc(-c3c4c(cc5c3C(C)(C)CCC5(C)C)C(C)(C)CCC4(C)C)c2)c1.CC(C)c1cc(-c2ccccc2)cc(C(C)C)c1-n1c(-c2[c-]ccc3c2oc2cc4c(cc23)oc2ccccc24)nc2ccccc21.[Ir]. The van der Waals surface area contributed by atoms with E-state index in [4.69, 9.17) is 18.8 Å². The standard InChI is InChI=1S/C43H33N2O2.C37H48N.Ir/c1-25(2)32-21-28(27-13-6-5-7-14-27)22-33(26(3)4)41(32)45-37-19-10-9-18-36(37)44-43(45)31-17-12-16-30-35-24-39-34(23-40(35)47-42(30)31)29-15-8-11-20-38(29)46-39;1-33(2,3)26-15-20-38-29(22-26)24-13-12-14-25(21-24)30-31-27(34(4,5)16-18-36(31,8)9)23-28-32(30)37(10,11)19-17-35(28,6)7;/h5-16,18-26H,1-4H3;12,14-15,20-23H,16-19H2,1-11H3;/q2*-1;. The topological polar surface area (TPSA) is 57.0 Å². The smallest absolute Gasteiger partial charge is 0.136 e. The molecule has 8 aromatic carbocycles. The largest absolute Gasteiger partial charge is 0.501 e. The minimum atomic E-state index is 0. The summed E-state index contributed by atoms with van der Waals surface area (Å²) in [5, 5.41) is 4.16. The van der Waals surface area contributed by atoms with Crippen LogP contribution >= 0.6 is 0 Å². The summed E-state index contributed by atoms with van der Waals surface area (Å²) in [6.45, 7) is 35.7. The van der Waals surface area contributed by atoms with Gasteiger partial charge in [-0.1, -0.05) is 188 Å². The first-order valence-corrected chi connectivity index (χ1v) is 31.0. The van der Waals surface area contributed by atoms with Crippen LogP contribution in [0.3, 0.4) is 0 Å². The number of para-hydroxylation sites is 3. The van der Waals surface area contributed by atoms with E-state index >= 15 is 0 Å². The van der Waals surface area contributed by atoms with Crippen LogP contribution in [0.2, 0.25) is 0 Å². The second kappa shape index (κ2) is 21.5. The molecule has 1 radical (unpaired) electrons. The van der Waals surface area contributed by atoms with Crippen molar-refractivity contribution in [3.63, 3.8) is 0 Å². The Labute approximate surface area is 523 Å². The molecule has 0 N–H and O–H groups in total. The predicted molar refractivity (Wildman–Crippen MR) is 357 cm³/mol. The van der Waals surface area contributed by atoms with Crippen LogP contribution in [0, 0.1) is 12.1 Å². The molecule has 0 saturated heterocycles. The van der Waals surface area contributed by atoms with Crippen molar-refractivity contribution in [3.05, 3.63) is 209 Å². The van der Waals surface area contributed by atoms with Gasteiger partial charge in [0.15, 0.2) is 0 Å². The Morgan fingerprint density at radius 2 is 1.10 bits per heavy atom. The molecule has 12 aromatic rings. The van der Waals surface area contributed by atoms with Gasteiger partial charge in [0, 0.05) is 48.1 Å². The van der Waals surface area contributed by atoms with Crippen LogP contribution in [0.15, 0.2) is 167 Å². The van der Waals surface area contributed by atoms with E-state index in [9.17, 15) is 0 Å². The van der Waals surface area contributed by atoms with Gasteiger partial charge in [-0.05, 0) is 174 Å². The first-order valence-electron chi connectivity index (χ1n) is 31.0. The molecule has 14 rings (SSSR count). The fourth-order valence-electron chi connectivity index (χ4n) is 14.2. The molecule has 0 spiro atoms. The van der Waals surface area contributed by atoms with Crippen LogP contribution in [0.25, 0.3) is 105 Å². The van der Waals surface area contributed by atoms with E-state index in [-0.39, 0.29) is 59.0 Å². The first-order chi connectivity index (χ1) is 40.4. The molecule has 0 atom stereocenters. The fraction of sp³-hybridized carbons (Fsp3) is 0.325. The quantitative estimate of drug-likeness (QED) is 0.149. The molecule has 2 aliphatic rings. The molecule has 4 aromatic heterocycles. The molecule has 2 aliphatic carbocycles. The van der Waals surface area contributed by atoms with Gasteiger partial charge < -0.3 is 18.4 Å². The fourth-order valence-corrected chi connectivity index (χ4v) is 14.2. The van der Waals surface area contributed by atoms with E-state index in [0.717, 1.165) is 77.6 Å². The summed E-state index contributed by atoms with van der Waals surface area (Å²) in [4.78, 5) is 10.1. The Hall–Kier alpha value is -7.37. The molecule has 0 saturated carbocycles. The average molecular weight is 1310 g/mol. The van der Waals surface area contributed by atoms with Gasteiger partial charge in [0.2, 0.25) is 0 Å². The van der Waals surface area contributed by atoms with Crippen molar-refractivity contribution in [1.29, 1.82) is 0 Å². The summed E-state index contributed by atoms with van der Waals surface area (Å²) in [5.74, 6) is 1.37. The maximum atomic E-state index is 6.76. The van der Waals surface area contributed by atoms with Crippen molar-refractivity contribution < 1.29 is 28.9 Å². The Morgan fingerprint density at radius 3 is 1.76 bits per heavy atom. The molecule has 0 aliphatic heterocycles. The van der Waals surface area contributed by atoms with Crippen LogP contribution in [-0.2, 0) is 47.2 Å². The molecular formula is C80H81IrN3O2-2. The van der Waals surface area contributed by atoms with Gasteiger partial charge in [0.25, 0.3) is 0 Å². The molecule has 6 heteroatoms. The maximum absolute atomic E-state index is 6.76. The minimum absolute atomic E-state index is 0. The van der Waals surface area contributed by atoms with E-state index in [1.165, 1.54) is 70.3 Å². The number of rotatable bonds is 7. The normalized spacial score (nSPS) is 15.9. The molecule has 0 fully saturated rings. The molecule has 0 bridgehead atoms. The number of furan rings is 2. The van der Waals surface area contributed by atoms with Crippen LogP contribution < -0.4 is 0 Å². The number of benzene rings is 8. The molecule has 5 nitrogen and oxygen atoms in total. The van der Waals surface area contributed by atoms with Gasteiger partial charge in [-0.15, -0.1) is 53.6 Å². The van der Waals surface area contributed by atoms with Gasteiger partial charge in [-0.2, -0.15) is 0 Å². The van der Waals surface area contributed by atoms with Crippen molar-refractivity contribution in [1.82, 2.24) is 14.5 Å². The summed E-state index contributed by atoms with van der Waals surface area (Å²) in [6, 6.07) is 61.2. The van der Waals surface area contributed by atoms with Crippen LogP contribution in [0.4, 0.5) is 0 Å². The molecule has 439 valence electrons. The third-order valence-corrected chi connectivity index (χ3v) is 19.3. The van der Waals surface area contributed by atoms with Crippen molar-refractivity contribution in [2.24, 2.45) is 0 Å². The van der Waals surface area contributed by atoms with Gasteiger partial charge in [0.05, 0.1) is 22.4 Å². The van der Waals surface area contributed by atoms with Gasteiger partial charge >= 0.3 is 0 Å². The second-order valence-electron chi connectivity index (χ2n) is 28.9. The number of imidazole rings is 1. The number of aromatic nitrogens is 3. The zero-order valence-electron chi connectivity index (χ0n) is 53.0. The Balaban J connectivity index is 0.000000171. The second-order valence-corrected chi connectivity index (χ2v) is 28.9. The van der Waals surface area contributed by atoms with Crippen LogP contribution in [-0.4, -0.2) is 14.5 Å². The van der Waals surface area contributed by atoms with E-state index in [1.54, 1.807) is 22.3 Å². The first kappa shape index (κ1) is 59.0. The minimum Gasteiger partial charge on any atom is -0.501 e. The van der Waals surface area contributed by atoms with Gasteiger partial charge in [0.1, 0.15) is 16.7 Å². The third-order valence-electron chi connectivity index (χ3n) is 19.3. The third kappa shape index (κ3) is 10.1. The summed E-state index contributed by atoms with van der Waals surface area (Å²) in [5.41, 5.74) is 25.5. The Morgan fingerprint density at radius 1 is 0.523 bits per heavy atom. The molecule has 0 amide bonds. The van der Waals surface area contributed by atoms with E-state index in [2.05, 4.69) is 248 Å². The number of fused-ring (bicyclic) bond motifs is 9. The zero-order chi connectivity index (χ0) is 59.7. The number of nitrogens with zero attached hydrogens (tertiary/aromatic N) is 3. The molecule has 0 unspecified atom stereocenters. The van der Waals surface area contributed by atoms with E-state index in [0.29, 0.717) is 0 Å². The Bertz CT molecular complexity index is 4510. The summed E-state index contributed by atoms with van der Waals surface area (Å²) in [7, 11) is 0. The monoisotopic (exact) mass is 1310 g/mol. The summed E-state index contributed by atoms with van der Waals surface area (Å²) in [6.07, 6.45) is 6.84. The van der Waals surface area contributed by atoms with Crippen molar-refractivity contribution in [3.8, 4) is 50.6 Å². The zero-order valence-corrected chi connectivity index (χ0v) is 55.4. The molecular weight excluding hydrogens is 1230 g/mol. The van der Waals surface area contributed by atoms with Gasteiger partial charge in [-0.3, -0.25) is 4.98 Å². The average Bonchev–Trinajstić information content (AvgIpc) is 1.65. The van der Waals surface area contributed by atoms with Crippen molar-refractivity contribution in [2.75, 3.05) is 0 Å². The maximum Gasteiger partial charge on any atom is 0.136 e. The number of hydrogen-bond acceptors (Lipinski definition) is 4. The number of pyridine rings is 1. The number of hydrogen-bond donors (Lipinski definition) is 0. The predicted octanol–water partition coefficient (Wildman–Crippen LogP) is 22.4. The summed E-state index contributed by atoms with van der Waals surface area (Å²) >= 11 is 0. The summed E-state index contributed by atoms with van der Waals surface area (Å²) < 4.78 is 15.4. The van der Waals surface area contributed by atoms with Crippen molar-refractivity contribution in [2.45, 2.75) is 168 Å². The molecule has 86 heavy (non-hydrogen) atoms. The van der Waals surface area contributed by atoms with Crippen molar-refractivity contribution >= 4 is 54.9 Å². The van der Waals surface area contributed by atoms with Crippen LogP contribution in [0.1, 0.15) is 180 Å². The molecule has 4 heterocycles. The van der Waals surface area contributed by atoms with E-state index in [1.807, 2.05) is 30.5 Å². The van der Waals surface area contributed by atoms with Crippen LogP contribution in [0.5, 0.6) is 0 Å². The van der Waals surface area contributed by atoms with E-state index < -0.39 is 0 Å². The van der Waals surface area contributed by atoms with Gasteiger partial charge in [-0.25, -0.2) is 0 Å².